The minimum Gasteiger partial charge on any atom is -0.391 e. The first kappa shape index (κ1) is 14.4. The summed E-state index contributed by atoms with van der Waals surface area (Å²) in [5.74, 6) is 1.25. The summed E-state index contributed by atoms with van der Waals surface area (Å²) < 4.78 is 10.7. The van der Waals surface area contributed by atoms with Crippen LogP contribution in [0.4, 0.5) is 0 Å². The van der Waals surface area contributed by atoms with Gasteiger partial charge in [0.25, 0.3) is 0 Å². The second-order valence-corrected chi connectivity index (χ2v) is 5.31. The molecule has 2 rings (SSSR count). The molecule has 0 spiro atoms. The van der Waals surface area contributed by atoms with Crippen molar-refractivity contribution in [3.05, 3.63) is 11.7 Å². The average molecular weight is 269 g/mol. The molecule has 0 amide bonds. The van der Waals surface area contributed by atoms with E-state index in [2.05, 4.69) is 10.1 Å². The van der Waals surface area contributed by atoms with Crippen molar-refractivity contribution < 1.29 is 14.4 Å². The van der Waals surface area contributed by atoms with Gasteiger partial charge in [-0.25, -0.2) is 0 Å². The second-order valence-electron chi connectivity index (χ2n) is 5.31. The van der Waals surface area contributed by atoms with Gasteiger partial charge in [0.15, 0.2) is 0 Å². The molecule has 1 aliphatic rings. The summed E-state index contributed by atoms with van der Waals surface area (Å²) in [6, 6.07) is -0.648. The molecule has 1 saturated carbocycles. The molecule has 0 radical (unpaired) electrons. The summed E-state index contributed by atoms with van der Waals surface area (Å²) in [5.41, 5.74) is 5.78. The summed E-state index contributed by atoms with van der Waals surface area (Å²) in [4.78, 5) is 4.29. The van der Waals surface area contributed by atoms with Gasteiger partial charge in [0.2, 0.25) is 11.7 Å². The van der Waals surface area contributed by atoms with Crippen LogP contribution < -0.4 is 5.73 Å². The van der Waals surface area contributed by atoms with Crippen LogP contribution >= 0.6 is 0 Å². The van der Waals surface area contributed by atoms with E-state index >= 15 is 0 Å². The number of aromatic nitrogens is 2. The van der Waals surface area contributed by atoms with Crippen molar-refractivity contribution in [1.82, 2.24) is 10.1 Å². The fraction of sp³-hybridized carbons (Fsp3) is 0.846. The highest BCUT2D eigenvalue weighted by Gasteiger charge is 2.30. The van der Waals surface area contributed by atoms with Gasteiger partial charge in [0.05, 0.1) is 6.10 Å². The molecule has 3 N–H and O–H groups in total. The number of nitrogens with two attached hydrogens (primary N) is 1. The highest BCUT2D eigenvalue weighted by molar-refractivity contribution is 4.98. The van der Waals surface area contributed by atoms with E-state index in [0.717, 1.165) is 12.8 Å². The standard InChI is InChI=1S/C13H23N3O3/c1-8(17)10(14)13-15-12(16-19-13)11(18-2)9-6-4-3-5-7-9/h8-11,17H,3-7,14H2,1-2H3. The van der Waals surface area contributed by atoms with Gasteiger partial charge in [0.1, 0.15) is 12.1 Å². The zero-order valence-electron chi connectivity index (χ0n) is 11.6. The Hall–Kier alpha value is -0.980. The minimum atomic E-state index is -0.719. The lowest BCUT2D eigenvalue weighted by Gasteiger charge is -2.26. The molecule has 1 heterocycles. The SMILES string of the molecule is COC(c1noc(C(N)C(C)O)n1)C1CCCCC1. The Balaban J connectivity index is 2.10. The van der Waals surface area contributed by atoms with E-state index < -0.39 is 12.1 Å². The predicted molar refractivity (Wildman–Crippen MR) is 69.2 cm³/mol. The van der Waals surface area contributed by atoms with Crippen molar-refractivity contribution in [2.45, 2.75) is 57.3 Å². The Morgan fingerprint density at radius 3 is 2.63 bits per heavy atom. The quantitative estimate of drug-likeness (QED) is 0.845. The largest absolute Gasteiger partial charge is 0.391 e. The highest BCUT2D eigenvalue weighted by Crippen LogP contribution is 2.35. The van der Waals surface area contributed by atoms with Crippen LogP contribution in [0.2, 0.25) is 0 Å². The van der Waals surface area contributed by atoms with Crippen LogP contribution in [0, 0.1) is 5.92 Å². The van der Waals surface area contributed by atoms with E-state index in [1.54, 1.807) is 14.0 Å². The van der Waals surface area contributed by atoms with Crippen LogP contribution in [0.3, 0.4) is 0 Å². The lowest BCUT2D eigenvalue weighted by molar-refractivity contribution is 0.0273. The molecular formula is C13H23N3O3. The van der Waals surface area contributed by atoms with Gasteiger partial charge in [-0.15, -0.1) is 0 Å². The van der Waals surface area contributed by atoms with Crippen molar-refractivity contribution in [1.29, 1.82) is 0 Å². The zero-order chi connectivity index (χ0) is 13.8. The van der Waals surface area contributed by atoms with Crippen LogP contribution in [0.1, 0.15) is 62.9 Å². The monoisotopic (exact) mass is 269 g/mol. The molecule has 0 bridgehead atoms. The zero-order valence-corrected chi connectivity index (χ0v) is 11.6. The van der Waals surface area contributed by atoms with E-state index in [0.29, 0.717) is 11.7 Å². The van der Waals surface area contributed by atoms with Crippen molar-refractivity contribution >= 4 is 0 Å². The number of ether oxygens (including phenoxy) is 1. The van der Waals surface area contributed by atoms with Crippen molar-refractivity contribution in [2.24, 2.45) is 11.7 Å². The fourth-order valence-electron chi connectivity index (χ4n) is 2.65. The molecule has 1 aromatic heterocycles. The average Bonchev–Trinajstić information content (AvgIpc) is 2.89. The van der Waals surface area contributed by atoms with Crippen molar-refractivity contribution in [2.75, 3.05) is 7.11 Å². The van der Waals surface area contributed by atoms with Gasteiger partial charge < -0.3 is 20.1 Å². The Morgan fingerprint density at radius 1 is 1.37 bits per heavy atom. The first-order valence-electron chi connectivity index (χ1n) is 6.93. The van der Waals surface area contributed by atoms with E-state index in [9.17, 15) is 5.11 Å². The van der Waals surface area contributed by atoms with E-state index in [1.807, 2.05) is 0 Å². The van der Waals surface area contributed by atoms with Gasteiger partial charge in [-0.05, 0) is 25.7 Å². The molecule has 6 nitrogen and oxygen atoms in total. The molecule has 0 saturated heterocycles. The summed E-state index contributed by atoms with van der Waals surface area (Å²) in [5, 5.41) is 13.4. The number of aliphatic hydroxyl groups excluding tert-OH is 1. The fourth-order valence-corrected chi connectivity index (χ4v) is 2.65. The number of nitrogens with zero attached hydrogens (tertiary/aromatic N) is 2. The van der Waals surface area contributed by atoms with Gasteiger partial charge in [-0.1, -0.05) is 24.4 Å². The van der Waals surface area contributed by atoms with Gasteiger partial charge >= 0.3 is 0 Å². The van der Waals surface area contributed by atoms with Crippen molar-refractivity contribution in [3.8, 4) is 0 Å². The third kappa shape index (κ3) is 3.32. The lowest BCUT2D eigenvalue weighted by Crippen LogP contribution is -2.24. The number of methoxy groups -OCH3 is 1. The highest BCUT2D eigenvalue weighted by atomic mass is 16.5. The molecule has 6 heteroatoms. The molecule has 1 aromatic rings. The van der Waals surface area contributed by atoms with Crippen LogP contribution in [0.25, 0.3) is 0 Å². The van der Waals surface area contributed by atoms with Crippen LogP contribution in [-0.4, -0.2) is 28.5 Å². The predicted octanol–water partition coefficient (Wildman–Crippen LogP) is 1.72. The number of hydrogen-bond acceptors (Lipinski definition) is 6. The first-order valence-corrected chi connectivity index (χ1v) is 6.93. The lowest BCUT2D eigenvalue weighted by atomic mass is 9.85. The summed E-state index contributed by atoms with van der Waals surface area (Å²) in [6.45, 7) is 1.60. The second kappa shape index (κ2) is 6.45. The molecule has 108 valence electrons. The molecule has 19 heavy (non-hydrogen) atoms. The maximum Gasteiger partial charge on any atom is 0.246 e. The van der Waals surface area contributed by atoms with E-state index in [-0.39, 0.29) is 12.0 Å². The molecule has 1 fully saturated rings. The topological polar surface area (TPSA) is 94.4 Å². The Kier molecular flexibility index (Phi) is 4.90. The molecule has 0 aliphatic heterocycles. The van der Waals surface area contributed by atoms with Gasteiger partial charge in [-0.3, -0.25) is 0 Å². The molecule has 3 unspecified atom stereocenters. The maximum atomic E-state index is 9.44. The maximum absolute atomic E-state index is 9.44. The number of rotatable bonds is 5. The van der Waals surface area contributed by atoms with Crippen LogP contribution in [0.15, 0.2) is 4.52 Å². The third-order valence-electron chi connectivity index (χ3n) is 3.85. The van der Waals surface area contributed by atoms with E-state index in [4.69, 9.17) is 15.0 Å². The van der Waals surface area contributed by atoms with Gasteiger partial charge in [0, 0.05) is 7.11 Å². The van der Waals surface area contributed by atoms with Crippen LogP contribution in [-0.2, 0) is 4.74 Å². The first-order chi connectivity index (χ1) is 9.13. The normalized spacial score (nSPS) is 22.1. The minimum absolute atomic E-state index is 0.140. The Bertz CT molecular complexity index is 388. The summed E-state index contributed by atoms with van der Waals surface area (Å²) in [6.07, 6.45) is 5.14. The third-order valence-corrected chi connectivity index (χ3v) is 3.85. The van der Waals surface area contributed by atoms with Gasteiger partial charge in [-0.2, -0.15) is 4.98 Å². The van der Waals surface area contributed by atoms with Crippen LogP contribution in [0.5, 0.6) is 0 Å². The van der Waals surface area contributed by atoms with Crippen molar-refractivity contribution in [3.63, 3.8) is 0 Å². The molecule has 0 aromatic carbocycles. The summed E-state index contributed by atoms with van der Waals surface area (Å²) in [7, 11) is 1.67. The number of hydrogen-bond donors (Lipinski definition) is 2. The van der Waals surface area contributed by atoms with E-state index in [1.165, 1.54) is 19.3 Å². The number of aliphatic hydroxyl groups is 1. The molecule has 3 atom stereocenters. The summed E-state index contributed by atoms with van der Waals surface area (Å²) >= 11 is 0. The Morgan fingerprint density at radius 2 is 2.05 bits per heavy atom. The smallest absolute Gasteiger partial charge is 0.246 e. The Labute approximate surface area is 113 Å². The molecular weight excluding hydrogens is 246 g/mol. The molecule has 1 aliphatic carbocycles.